The van der Waals surface area contributed by atoms with Crippen molar-refractivity contribution in [1.82, 2.24) is 10.2 Å². The number of nitrogens with one attached hydrogen (secondary N) is 1. The second-order valence-electron chi connectivity index (χ2n) is 9.54. The van der Waals surface area contributed by atoms with Crippen molar-refractivity contribution in [3.63, 3.8) is 0 Å². The van der Waals surface area contributed by atoms with Gasteiger partial charge in [-0.25, -0.2) is 8.42 Å². The smallest absolute Gasteiger partial charge is 0.265 e. The maximum absolute atomic E-state index is 13.5. The lowest BCUT2D eigenvalue weighted by molar-refractivity contribution is -0.141. The van der Waals surface area contributed by atoms with Crippen LogP contribution in [0.4, 0.5) is 5.69 Å². The largest absolute Gasteiger partial charge is 0.354 e. The third-order valence-electron chi connectivity index (χ3n) is 6.80. The van der Waals surface area contributed by atoms with Crippen LogP contribution < -0.4 is 9.62 Å². The minimum atomic E-state index is -3.67. The van der Waals surface area contributed by atoms with Crippen LogP contribution in [0.15, 0.2) is 65.6 Å². The van der Waals surface area contributed by atoms with Crippen molar-refractivity contribution in [3.05, 3.63) is 71.8 Å². The summed E-state index contributed by atoms with van der Waals surface area (Å²) >= 11 is 0. The Balaban J connectivity index is 1.51. The van der Waals surface area contributed by atoms with Crippen molar-refractivity contribution in [1.29, 1.82) is 0 Å². The van der Waals surface area contributed by atoms with Gasteiger partial charge in [0.1, 0.15) is 6.04 Å². The molecule has 0 aromatic heterocycles. The average Bonchev–Trinajstić information content (AvgIpc) is 3.10. The molecule has 3 aromatic rings. The van der Waals surface area contributed by atoms with E-state index in [0.717, 1.165) is 28.3 Å². The molecule has 0 unspecified atom stereocenters. The number of aryl methyl sites for hydroxylation is 1. The Kier molecular flexibility index (Phi) is 8.17. The molecule has 8 heteroatoms. The minimum Gasteiger partial charge on any atom is -0.354 e. The van der Waals surface area contributed by atoms with Gasteiger partial charge in [-0.2, -0.15) is 0 Å². The maximum Gasteiger partial charge on any atom is 0.265 e. The molecule has 0 bridgehead atoms. The second-order valence-corrected chi connectivity index (χ2v) is 11.4. The lowest BCUT2D eigenvalue weighted by Crippen LogP contribution is -2.49. The number of carbonyl (C=O) groups is 2. The Labute approximate surface area is 219 Å². The number of hydrogen-bond donors (Lipinski definition) is 1. The molecule has 7 nitrogen and oxygen atoms in total. The number of anilines is 1. The molecule has 0 saturated heterocycles. The van der Waals surface area contributed by atoms with Crippen LogP contribution in [-0.4, -0.2) is 44.3 Å². The van der Waals surface area contributed by atoms with Crippen molar-refractivity contribution in [2.24, 2.45) is 0 Å². The monoisotopic (exact) mass is 521 g/mol. The molecule has 2 amide bonds. The third-order valence-corrected chi connectivity index (χ3v) is 8.66. The van der Waals surface area contributed by atoms with Gasteiger partial charge in [0.2, 0.25) is 11.8 Å². The van der Waals surface area contributed by atoms with E-state index in [4.69, 9.17) is 0 Å². The molecule has 1 atom stereocenters. The van der Waals surface area contributed by atoms with Crippen molar-refractivity contribution in [2.45, 2.75) is 63.9 Å². The zero-order valence-corrected chi connectivity index (χ0v) is 22.6. The van der Waals surface area contributed by atoms with Gasteiger partial charge in [-0.1, -0.05) is 67.9 Å². The van der Waals surface area contributed by atoms with Crippen molar-refractivity contribution in [2.75, 3.05) is 17.4 Å². The molecular weight excluding hydrogens is 486 g/mol. The summed E-state index contributed by atoms with van der Waals surface area (Å²) in [7, 11) is -3.67. The number of nitrogens with zero attached hydrogens (tertiary/aromatic N) is 2. The van der Waals surface area contributed by atoms with Crippen LogP contribution >= 0.6 is 0 Å². The number of carbonyl (C=O) groups excluding carboxylic acids is 2. The van der Waals surface area contributed by atoms with E-state index >= 15 is 0 Å². The number of rotatable bonds is 11. The highest BCUT2D eigenvalue weighted by Crippen LogP contribution is 2.42. The lowest BCUT2D eigenvalue weighted by atomic mass is 10.1. The molecule has 1 heterocycles. The van der Waals surface area contributed by atoms with E-state index in [9.17, 15) is 18.0 Å². The van der Waals surface area contributed by atoms with Gasteiger partial charge in [-0.3, -0.25) is 13.9 Å². The third kappa shape index (κ3) is 5.49. The molecule has 0 saturated carbocycles. The first-order chi connectivity index (χ1) is 17.8. The van der Waals surface area contributed by atoms with E-state index in [2.05, 4.69) is 5.32 Å². The van der Waals surface area contributed by atoms with E-state index in [1.807, 2.05) is 69.3 Å². The number of amides is 2. The normalized spacial score (nSPS) is 14.5. The van der Waals surface area contributed by atoms with Crippen LogP contribution in [0.3, 0.4) is 0 Å². The molecule has 37 heavy (non-hydrogen) atoms. The van der Waals surface area contributed by atoms with Crippen molar-refractivity contribution in [3.8, 4) is 0 Å². The van der Waals surface area contributed by atoms with Gasteiger partial charge < -0.3 is 10.2 Å². The maximum atomic E-state index is 13.5. The van der Waals surface area contributed by atoms with Crippen LogP contribution in [0.1, 0.15) is 50.7 Å². The van der Waals surface area contributed by atoms with Gasteiger partial charge in [-0.05, 0) is 49.3 Å². The van der Waals surface area contributed by atoms with Gasteiger partial charge in [0.15, 0.2) is 0 Å². The number of benzene rings is 3. The molecule has 3 aromatic carbocycles. The Morgan fingerprint density at radius 1 is 1.03 bits per heavy atom. The molecule has 1 N–H and O–H groups in total. The van der Waals surface area contributed by atoms with Gasteiger partial charge in [0.05, 0.1) is 10.6 Å². The molecule has 196 valence electrons. The van der Waals surface area contributed by atoms with Crippen LogP contribution in [0.2, 0.25) is 0 Å². The van der Waals surface area contributed by atoms with E-state index in [1.54, 1.807) is 17.0 Å². The summed E-state index contributed by atoms with van der Waals surface area (Å²) in [5, 5.41) is 4.54. The highest BCUT2D eigenvalue weighted by Gasteiger charge is 2.35. The molecule has 1 aliphatic heterocycles. The Bertz CT molecular complexity index is 1400. The van der Waals surface area contributed by atoms with E-state index in [-0.39, 0.29) is 24.8 Å². The highest BCUT2D eigenvalue weighted by atomic mass is 32.2. The fraction of sp³-hybridized carbons (Fsp3) is 0.379. The summed E-state index contributed by atoms with van der Waals surface area (Å²) in [5.41, 5.74) is 2.70. The Morgan fingerprint density at radius 2 is 1.76 bits per heavy atom. The van der Waals surface area contributed by atoms with Crippen molar-refractivity contribution < 1.29 is 18.0 Å². The average molecular weight is 522 g/mol. The molecule has 0 fully saturated rings. The van der Waals surface area contributed by atoms with Gasteiger partial charge >= 0.3 is 0 Å². The quantitative estimate of drug-likeness (QED) is 0.394. The first-order valence-corrected chi connectivity index (χ1v) is 14.4. The lowest BCUT2D eigenvalue weighted by Gasteiger charge is -2.31. The molecule has 0 radical (unpaired) electrons. The minimum absolute atomic E-state index is 0.141. The predicted molar refractivity (Wildman–Crippen MR) is 147 cm³/mol. The van der Waals surface area contributed by atoms with Crippen molar-refractivity contribution >= 4 is 38.3 Å². The molecule has 4 rings (SSSR count). The summed E-state index contributed by atoms with van der Waals surface area (Å²) in [6.45, 7) is 6.96. The highest BCUT2D eigenvalue weighted by molar-refractivity contribution is 7.93. The Morgan fingerprint density at radius 3 is 2.46 bits per heavy atom. The SMILES string of the molecule is CCCNC(=O)[C@@H](CC)N(Cc1cccc(C)c1)C(=O)CCCN1c2cccc3cccc(c23)S1(=O)=O. The van der Waals surface area contributed by atoms with Crippen LogP contribution in [0.5, 0.6) is 0 Å². The molecule has 0 aliphatic carbocycles. The van der Waals surface area contributed by atoms with E-state index in [0.29, 0.717) is 36.5 Å². The Hall–Kier alpha value is -3.39. The van der Waals surface area contributed by atoms with E-state index < -0.39 is 16.1 Å². The first-order valence-electron chi connectivity index (χ1n) is 12.9. The van der Waals surface area contributed by atoms with Gasteiger partial charge in [-0.15, -0.1) is 0 Å². The summed E-state index contributed by atoms with van der Waals surface area (Å²) in [6.07, 6.45) is 1.79. The molecular formula is C29H35N3O4S. The fourth-order valence-electron chi connectivity index (χ4n) is 5.01. The summed E-state index contributed by atoms with van der Waals surface area (Å²) < 4.78 is 27.9. The van der Waals surface area contributed by atoms with Crippen LogP contribution in [0.25, 0.3) is 10.8 Å². The zero-order chi connectivity index (χ0) is 26.6. The summed E-state index contributed by atoms with van der Waals surface area (Å²) in [5.74, 6) is -0.318. The van der Waals surface area contributed by atoms with Gasteiger partial charge in [0, 0.05) is 31.4 Å². The summed E-state index contributed by atoms with van der Waals surface area (Å²) in [6, 6.07) is 18.2. The first kappa shape index (κ1) is 26.7. The predicted octanol–water partition coefficient (Wildman–Crippen LogP) is 4.77. The van der Waals surface area contributed by atoms with Gasteiger partial charge in [0.25, 0.3) is 10.0 Å². The second kappa shape index (κ2) is 11.3. The number of sulfonamides is 1. The standard InChI is InChI=1S/C29H35N3O4S/c1-4-17-30-29(34)24(5-2)31(20-22-11-6-10-21(3)19-22)27(33)16-9-18-32-25-14-7-12-23-13-8-15-26(28(23)25)37(32,35)36/h6-8,10-15,19,24H,4-5,9,16-18,20H2,1-3H3,(H,30,34)/t24-/m1/s1. The molecule has 0 spiro atoms. The van der Waals surface area contributed by atoms with Crippen LogP contribution in [0, 0.1) is 6.92 Å². The topological polar surface area (TPSA) is 86.8 Å². The number of hydrogen-bond acceptors (Lipinski definition) is 4. The summed E-state index contributed by atoms with van der Waals surface area (Å²) in [4.78, 5) is 28.4. The van der Waals surface area contributed by atoms with E-state index in [1.165, 1.54) is 4.31 Å². The zero-order valence-electron chi connectivity index (χ0n) is 21.7. The fourth-order valence-corrected chi connectivity index (χ4v) is 6.76. The molecule has 1 aliphatic rings. The van der Waals surface area contributed by atoms with Crippen LogP contribution in [-0.2, 0) is 26.2 Å².